The molecule has 21 heavy (non-hydrogen) atoms. The van der Waals surface area contributed by atoms with Gasteiger partial charge in [-0.05, 0) is 35.6 Å². The fourth-order valence-corrected chi connectivity index (χ4v) is 2.39. The highest BCUT2D eigenvalue weighted by atomic mass is 16.1. The quantitative estimate of drug-likeness (QED) is 0.854. The molecule has 0 spiro atoms. The summed E-state index contributed by atoms with van der Waals surface area (Å²) in [6, 6.07) is 16.1. The van der Waals surface area contributed by atoms with Crippen LogP contribution in [0.25, 0.3) is 0 Å². The van der Waals surface area contributed by atoms with Crippen molar-refractivity contribution in [3.8, 4) is 0 Å². The number of amides is 1. The number of nitrogens with one attached hydrogen (secondary N) is 1. The van der Waals surface area contributed by atoms with Crippen molar-refractivity contribution >= 4 is 5.91 Å². The van der Waals surface area contributed by atoms with Gasteiger partial charge >= 0.3 is 0 Å². The highest BCUT2D eigenvalue weighted by Gasteiger charge is 2.06. The molecule has 0 aliphatic rings. The molecule has 0 aliphatic heterocycles. The highest BCUT2D eigenvalue weighted by Crippen LogP contribution is 2.09. The van der Waals surface area contributed by atoms with E-state index in [0.717, 1.165) is 17.5 Å². The molecular weight excluding hydrogens is 260 g/mol. The van der Waals surface area contributed by atoms with Gasteiger partial charge in [-0.25, -0.2) is 0 Å². The van der Waals surface area contributed by atoms with Crippen LogP contribution in [0.3, 0.4) is 0 Å². The number of aryl methyl sites for hydroxylation is 1. The molecule has 3 N–H and O–H groups in total. The zero-order chi connectivity index (χ0) is 15.1. The fraction of sp³-hybridized carbons (Fsp3) is 0.278. The van der Waals surface area contributed by atoms with E-state index in [4.69, 9.17) is 5.73 Å². The third-order valence-corrected chi connectivity index (χ3v) is 3.67. The maximum absolute atomic E-state index is 12.0. The average Bonchev–Trinajstić information content (AvgIpc) is 2.50. The number of carbonyl (C=O) groups is 1. The lowest BCUT2D eigenvalue weighted by atomic mass is 10.0. The van der Waals surface area contributed by atoms with Crippen LogP contribution in [-0.4, -0.2) is 12.5 Å². The Kier molecular flexibility index (Phi) is 5.52. The fourth-order valence-electron chi connectivity index (χ4n) is 2.39. The Morgan fingerprint density at radius 1 is 1.00 bits per heavy atom. The van der Waals surface area contributed by atoms with Crippen molar-refractivity contribution in [3.05, 3.63) is 70.8 Å². The second kappa shape index (κ2) is 7.60. The molecule has 1 amide bonds. The van der Waals surface area contributed by atoms with E-state index in [-0.39, 0.29) is 5.91 Å². The van der Waals surface area contributed by atoms with Crippen LogP contribution < -0.4 is 11.1 Å². The van der Waals surface area contributed by atoms with E-state index in [1.807, 2.05) is 36.4 Å². The maximum Gasteiger partial charge on any atom is 0.224 e. The van der Waals surface area contributed by atoms with Crippen LogP contribution in [0.2, 0.25) is 0 Å². The van der Waals surface area contributed by atoms with E-state index in [0.29, 0.717) is 19.5 Å². The maximum atomic E-state index is 12.0. The SMILES string of the molecule is Cc1ccccc1CCNC(=O)Cc1ccccc1CN. The van der Waals surface area contributed by atoms with E-state index < -0.39 is 0 Å². The molecule has 3 nitrogen and oxygen atoms in total. The van der Waals surface area contributed by atoms with E-state index in [2.05, 4.69) is 24.4 Å². The van der Waals surface area contributed by atoms with Gasteiger partial charge in [0.15, 0.2) is 0 Å². The second-order valence-corrected chi connectivity index (χ2v) is 5.18. The van der Waals surface area contributed by atoms with Gasteiger partial charge < -0.3 is 11.1 Å². The first-order chi connectivity index (χ1) is 10.2. The number of carbonyl (C=O) groups excluding carboxylic acids is 1. The summed E-state index contributed by atoms with van der Waals surface area (Å²) in [6.07, 6.45) is 1.25. The standard InChI is InChI=1S/C18H22N2O/c1-14-6-2-3-7-15(14)10-11-20-18(21)12-16-8-4-5-9-17(16)13-19/h2-9H,10-13,19H2,1H3,(H,20,21). The van der Waals surface area contributed by atoms with Crippen LogP contribution >= 0.6 is 0 Å². The monoisotopic (exact) mass is 282 g/mol. The Hall–Kier alpha value is -2.13. The number of benzene rings is 2. The van der Waals surface area contributed by atoms with E-state index in [1.165, 1.54) is 11.1 Å². The van der Waals surface area contributed by atoms with Crippen molar-refractivity contribution in [1.29, 1.82) is 0 Å². The summed E-state index contributed by atoms with van der Waals surface area (Å²) < 4.78 is 0. The number of rotatable bonds is 6. The molecule has 0 bridgehead atoms. The summed E-state index contributed by atoms with van der Waals surface area (Å²) in [6.45, 7) is 3.22. The molecule has 0 aromatic heterocycles. The molecule has 2 rings (SSSR count). The lowest BCUT2D eigenvalue weighted by Crippen LogP contribution is -2.27. The summed E-state index contributed by atoms with van der Waals surface area (Å²) in [5.41, 5.74) is 10.3. The van der Waals surface area contributed by atoms with Crippen LogP contribution in [0.15, 0.2) is 48.5 Å². The van der Waals surface area contributed by atoms with Crippen LogP contribution in [0.5, 0.6) is 0 Å². The van der Waals surface area contributed by atoms with Crippen LogP contribution in [-0.2, 0) is 24.2 Å². The van der Waals surface area contributed by atoms with Gasteiger partial charge in [0.1, 0.15) is 0 Å². The van der Waals surface area contributed by atoms with E-state index >= 15 is 0 Å². The van der Waals surface area contributed by atoms with Crippen molar-refractivity contribution in [2.75, 3.05) is 6.54 Å². The molecule has 3 heteroatoms. The lowest BCUT2D eigenvalue weighted by Gasteiger charge is -2.09. The summed E-state index contributed by atoms with van der Waals surface area (Å²) in [4.78, 5) is 12.0. The van der Waals surface area contributed by atoms with Gasteiger partial charge in [0.2, 0.25) is 5.91 Å². The van der Waals surface area contributed by atoms with Gasteiger partial charge in [0.05, 0.1) is 6.42 Å². The predicted octanol–water partition coefficient (Wildman–Crippen LogP) is 2.36. The molecule has 0 saturated heterocycles. The van der Waals surface area contributed by atoms with Gasteiger partial charge in [-0.2, -0.15) is 0 Å². The molecule has 0 heterocycles. The van der Waals surface area contributed by atoms with Gasteiger partial charge in [0.25, 0.3) is 0 Å². The molecule has 0 radical (unpaired) electrons. The first kappa shape index (κ1) is 15.3. The molecule has 0 unspecified atom stereocenters. The molecule has 110 valence electrons. The minimum Gasteiger partial charge on any atom is -0.355 e. The average molecular weight is 282 g/mol. The van der Waals surface area contributed by atoms with Gasteiger partial charge in [-0.1, -0.05) is 48.5 Å². The topological polar surface area (TPSA) is 55.1 Å². The number of nitrogens with two attached hydrogens (primary N) is 1. The van der Waals surface area contributed by atoms with Gasteiger partial charge in [-0.15, -0.1) is 0 Å². The smallest absolute Gasteiger partial charge is 0.224 e. The van der Waals surface area contributed by atoms with Crippen molar-refractivity contribution in [3.63, 3.8) is 0 Å². The molecule has 0 saturated carbocycles. The zero-order valence-corrected chi connectivity index (χ0v) is 12.4. The van der Waals surface area contributed by atoms with Gasteiger partial charge in [0, 0.05) is 13.1 Å². The number of hydrogen-bond acceptors (Lipinski definition) is 2. The van der Waals surface area contributed by atoms with Crippen molar-refractivity contribution in [2.45, 2.75) is 26.3 Å². The Bertz CT molecular complexity index is 608. The minimum atomic E-state index is 0.0458. The van der Waals surface area contributed by atoms with Crippen LogP contribution in [0, 0.1) is 6.92 Å². The second-order valence-electron chi connectivity index (χ2n) is 5.18. The van der Waals surface area contributed by atoms with Crippen LogP contribution in [0.1, 0.15) is 22.3 Å². The summed E-state index contributed by atoms with van der Waals surface area (Å²) in [5, 5.41) is 2.98. The molecule has 2 aromatic rings. The summed E-state index contributed by atoms with van der Waals surface area (Å²) >= 11 is 0. The highest BCUT2D eigenvalue weighted by molar-refractivity contribution is 5.78. The summed E-state index contributed by atoms with van der Waals surface area (Å²) in [5.74, 6) is 0.0458. The Balaban J connectivity index is 1.84. The third kappa shape index (κ3) is 4.43. The van der Waals surface area contributed by atoms with E-state index in [9.17, 15) is 4.79 Å². The first-order valence-corrected chi connectivity index (χ1v) is 7.28. The molecule has 2 aromatic carbocycles. The van der Waals surface area contributed by atoms with Crippen molar-refractivity contribution in [1.82, 2.24) is 5.32 Å². The zero-order valence-electron chi connectivity index (χ0n) is 12.4. The largest absolute Gasteiger partial charge is 0.355 e. The molecule has 0 fully saturated rings. The Morgan fingerprint density at radius 2 is 1.62 bits per heavy atom. The molecular formula is C18H22N2O. The first-order valence-electron chi connectivity index (χ1n) is 7.28. The third-order valence-electron chi connectivity index (χ3n) is 3.67. The number of hydrogen-bond donors (Lipinski definition) is 2. The van der Waals surface area contributed by atoms with Crippen molar-refractivity contribution in [2.24, 2.45) is 5.73 Å². The van der Waals surface area contributed by atoms with Gasteiger partial charge in [-0.3, -0.25) is 4.79 Å². The summed E-state index contributed by atoms with van der Waals surface area (Å²) in [7, 11) is 0. The van der Waals surface area contributed by atoms with E-state index in [1.54, 1.807) is 0 Å². The molecule has 0 aliphatic carbocycles. The normalized spacial score (nSPS) is 10.4. The Labute approximate surface area is 126 Å². The molecule has 0 atom stereocenters. The van der Waals surface area contributed by atoms with Crippen LogP contribution in [0.4, 0.5) is 0 Å². The van der Waals surface area contributed by atoms with Crippen molar-refractivity contribution < 1.29 is 4.79 Å². The lowest BCUT2D eigenvalue weighted by molar-refractivity contribution is -0.120. The predicted molar refractivity (Wildman–Crippen MR) is 85.9 cm³/mol. The minimum absolute atomic E-state index is 0.0458. The Morgan fingerprint density at radius 3 is 2.29 bits per heavy atom.